The molecule has 1 aliphatic rings. The molecule has 1 aliphatic heterocycles. The van der Waals surface area contributed by atoms with Crippen molar-refractivity contribution in [2.24, 2.45) is 5.92 Å². The van der Waals surface area contributed by atoms with Crippen LogP contribution in [0.1, 0.15) is 28.8 Å². The van der Waals surface area contributed by atoms with Crippen LogP contribution in [0.5, 0.6) is 0 Å². The Kier molecular flexibility index (Phi) is 7.34. The quantitative estimate of drug-likeness (QED) is 0.427. The van der Waals surface area contributed by atoms with Gasteiger partial charge in [-0.05, 0) is 43.2 Å². The van der Waals surface area contributed by atoms with Gasteiger partial charge < -0.3 is 10.2 Å². The van der Waals surface area contributed by atoms with Crippen molar-refractivity contribution in [1.82, 2.24) is 0 Å². The van der Waals surface area contributed by atoms with E-state index in [1.165, 1.54) is 4.90 Å². The molecule has 1 heterocycles. The average molecular weight is 546 g/mol. The molecule has 14 heteroatoms. The van der Waals surface area contributed by atoms with E-state index < -0.39 is 55.2 Å². The molecule has 2 N–H and O–H groups in total. The summed E-state index contributed by atoms with van der Waals surface area (Å²) >= 11 is 5.78. The molecule has 1 fully saturated rings. The molecule has 1 saturated heterocycles. The van der Waals surface area contributed by atoms with Crippen molar-refractivity contribution in [2.75, 3.05) is 29.6 Å². The fraction of sp³-hybridized carbons (Fsp3) is 0.381. The summed E-state index contributed by atoms with van der Waals surface area (Å²) in [6, 6.07) is 4.31. The first kappa shape index (κ1) is 27.1. The van der Waals surface area contributed by atoms with Crippen LogP contribution < -0.4 is 10.2 Å². The van der Waals surface area contributed by atoms with Crippen LogP contribution in [0.15, 0.2) is 35.2 Å². The smallest absolute Gasteiger partial charge is 0.371 e. The molecule has 0 aromatic heterocycles. The molecule has 0 radical (unpaired) electrons. The summed E-state index contributed by atoms with van der Waals surface area (Å²) in [4.78, 5) is 13.8. The zero-order chi connectivity index (χ0) is 26.3. The summed E-state index contributed by atoms with van der Waals surface area (Å²) in [6.07, 6.45) is -9.10. The Balaban J connectivity index is 2.00. The first-order valence-electron chi connectivity index (χ1n) is 10.1. The maximum absolute atomic E-state index is 13.9. The second kappa shape index (κ2) is 9.49. The van der Waals surface area contributed by atoms with Gasteiger partial charge in [-0.1, -0.05) is 11.6 Å². The minimum Gasteiger partial charge on any atom is -0.371 e. The van der Waals surface area contributed by atoms with Gasteiger partial charge in [-0.3, -0.25) is 4.79 Å². The Morgan fingerprint density at radius 2 is 1.71 bits per heavy atom. The Labute approximate surface area is 201 Å². The predicted octanol–water partition coefficient (Wildman–Crippen LogP) is 6.56. The second-order valence-corrected chi connectivity index (χ2v) is 10.6. The lowest BCUT2D eigenvalue weighted by atomic mass is 9.95. The fourth-order valence-corrected chi connectivity index (χ4v) is 4.81. The van der Waals surface area contributed by atoms with Gasteiger partial charge in [0.2, 0.25) is 0 Å². The van der Waals surface area contributed by atoms with Gasteiger partial charge in [0.1, 0.15) is 5.82 Å². The van der Waals surface area contributed by atoms with E-state index in [1.54, 1.807) is 0 Å². The molecule has 192 valence electrons. The van der Waals surface area contributed by atoms with Crippen molar-refractivity contribution < 1.29 is 39.7 Å². The Bertz CT molecular complexity index is 1240. The highest BCUT2D eigenvalue weighted by Crippen LogP contribution is 2.41. The van der Waals surface area contributed by atoms with Crippen LogP contribution in [0, 0.1) is 16.5 Å². The second-order valence-electron chi connectivity index (χ2n) is 8.09. The minimum atomic E-state index is -4.88. The number of alkyl halides is 6. The van der Waals surface area contributed by atoms with Crippen molar-refractivity contribution in [2.45, 2.75) is 30.1 Å². The van der Waals surface area contributed by atoms with Crippen LogP contribution in [-0.4, -0.2) is 35.6 Å². The SMILES string of the molecule is CS(=N)(=O)c1cc(NC(=O)c2cc(Cl)c(C(F)(F)F)cc2N2CCC(C(F)(F)F)CC2)ccc1F. The summed E-state index contributed by atoms with van der Waals surface area (Å²) in [5, 5.41) is 1.54. The largest absolute Gasteiger partial charge is 0.417 e. The Hall–Kier alpha value is -2.54. The number of piperidine rings is 1. The molecular weight excluding hydrogens is 527 g/mol. The monoisotopic (exact) mass is 545 g/mol. The van der Waals surface area contributed by atoms with Gasteiger partial charge in [-0.15, -0.1) is 0 Å². The van der Waals surface area contributed by atoms with Gasteiger partial charge in [0.15, 0.2) is 0 Å². The van der Waals surface area contributed by atoms with E-state index in [1.807, 2.05) is 0 Å². The van der Waals surface area contributed by atoms with Crippen LogP contribution >= 0.6 is 11.6 Å². The molecule has 1 amide bonds. The van der Waals surface area contributed by atoms with Gasteiger partial charge in [0, 0.05) is 25.0 Å². The third kappa shape index (κ3) is 6.18. The normalized spacial score (nSPS) is 17.2. The van der Waals surface area contributed by atoms with Crippen molar-refractivity contribution in [3.63, 3.8) is 0 Å². The summed E-state index contributed by atoms with van der Waals surface area (Å²) in [5.41, 5.74) is -1.96. The van der Waals surface area contributed by atoms with E-state index in [-0.39, 0.29) is 42.9 Å². The Morgan fingerprint density at radius 1 is 1.11 bits per heavy atom. The van der Waals surface area contributed by atoms with Crippen molar-refractivity contribution in [3.05, 3.63) is 52.3 Å². The van der Waals surface area contributed by atoms with Gasteiger partial charge in [-0.2, -0.15) is 26.3 Å². The van der Waals surface area contributed by atoms with E-state index in [4.69, 9.17) is 16.4 Å². The number of amides is 1. The van der Waals surface area contributed by atoms with Gasteiger partial charge >= 0.3 is 12.4 Å². The highest BCUT2D eigenvalue weighted by molar-refractivity contribution is 7.91. The van der Waals surface area contributed by atoms with Crippen molar-refractivity contribution in [1.29, 1.82) is 4.78 Å². The maximum atomic E-state index is 13.9. The molecule has 0 bridgehead atoms. The number of carbonyl (C=O) groups is 1. The molecule has 2 aromatic carbocycles. The lowest BCUT2D eigenvalue weighted by molar-refractivity contribution is -0.179. The number of halogens is 8. The molecule has 0 spiro atoms. The van der Waals surface area contributed by atoms with Gasteiger partial charge in [-0.25, -0.2) is 13.4 Å². The predicted molar refractivity (Wildman–Crippen MR) is 117 cm³/mol. The highest BCUT2D eigenvalue weighted by atomic mass is 35.5. The number of carbonyl (C=O) groups excluding carboxylic acids is 1. The lowest BCUT2D eigenvalue weighted by Crippen LogP contribution is -2.40. The third-order valence-corrected chi connectivity index (χ3v) is 7.01. The number of hydrogen-bond acceptors (Lipinski definition) is 4. The van der Waals surface area contributed by atoms with Crippen LogP contribution in [0.3, 0.4) is 0 Å². The number of benzene rings is 2. The topological polar surface area (TPSA) is 73.3 Å². The van der Waals surface area contributed by atoms with Crippen LogP contribution in [0.4, 0.5) is 42.1 Å². The van der Waals surface area contributed by atoms with E-state index in [2.05, 4.69) is 5.32 Å². The average Bonchev–Trinajstić information content (AvgIpc) is 2.72. The summed E-state index contributed by atoms with van der Waals surface area (Å²) in [6.45, 7) is -0.498. The molecule has 5 nitrogen and oxygen atoms in total. The fourth-order valence-electron chi connectivity index (χ4n) is 3.75. The zero-order valence-corrected chi connectivity index (χ0v) is 19.6. The van der Waals surface area contributed by atoms with Gasteiger partial charge in [0.25, 0.3) is 5.91 Å². The molecule has 3 rings (SSSR count). The molecular formula is C21H19ClF7N3O2S. The summed E-state index contributed by atoms with van der Waals surface area (Å²) in [7, 11) is -3.50. The molecule has 1 unspecified atom stereocenters. The van der Waals surface area contributed by atoms with E-state index >= 15 is 0 Å². The molecule has 35 heavy (non-hydrogen) atoms. The van der Waals surface area contributed by atoms with Gasteiger partial charge in [0.05, 0.1) is 42.4 Å². The molecule has 0 saturated carbocycles. The summed E-state index contributed by atoms with van der Waals surface area (Å²) < 4.78 is 113. The van der Waals surface area contributed by atoms with Crippen molar-refractivity contribution in [3.8, 4) is 0 Å². The minimum absolute atomic E-state index is 0.0917. The molecule has 2 aromatic rings. The van der Waals surface area contributed by atoms with Crippen LogP contribution in [-0.2, 0) is 15.9 Å². The summed E-state index contributed by atoms with van der Waals surface area (Å²) in [5.74, 6) is -3.54. The Morgan fingerprint density at radius 3 is 2.23 bits per heavy atom. The third-order valence-electron chi connectivity index (χ3n) is 5.54. The first-order chi connectivity index (χ1) is 16.0. The van der Waals surface area contributed by atoms with E-state index in [0.29, 0.717) is 6.07 Å². The first-order valence-corrected chi connectivity index (χ1v) is 12.4. The number of nitrogens with one attached hydrogen (secondary N) is 2. The zero-order valence-electron chi connectivity index (χ0n) is 18.0. The van der Waals surface area contributed by atoms with Crippen molar-refractivity contribution >= 4 is 38.6 Å². The number of anilines is 2. The highest BCUT2D eigenvalue weighted by Gasteiger charge is 2.42. The molecule has 1 atom stereocenters. The molecule has 0 aliphatic carbocycles. The van der Waals surface area contributed by atoms with Crippen LogP contribution in [0.2, 0.25) is 5.02 Å². The maximum Gasteiger partial charge on any atom is 0.417 e. The standard InChI is InChI=1S/C21H19ClF7N3O2S/c1-35(30,34)18-8-12(2-3-16(18)23)31-19(33)13-9-15(22)14(21(27,28)29)10-17(13)32-6-4-11(5-7-32)20(24,25)26/h2-3,8-11,30H,4-7H2,1H3,(H,31,33). The van der Waals surface area contributed by atoms with E-state index in [0.717, 1.165) is 30.5 Å². The number of hydrogen-bond donors (Lipinski definition) is 2. The number of nitrogens with zero attached hydrogens (tertiary/aromatic N) is 1. The van der Waals surface area contributed by atoms with E-state index in [9.17, 15) is 39.7 Å². The lowest BCUT2D eigenvalue weighted by Gasteiger charge is -2.35. The van der Waals surface area contributed by atoms with Crippen LogP contribution in [0.25, 0.3) is 0 Å². The number of rotatable bonds is 4.